The third kappa shape index (κ3) is 3.26. The maximum Gasteiger partial charge on any atom is 0.243 e. The minimum absolute atomic E-state index is 0.422. The van der Waals surface area contributed by atoms with E-state index in [1.807, 2.05) is 19.9 Å². The zero-order valence-corrected chi connectivity index (χ0v) is 14.7. The normalized spacial score (nSPS) is 20.0. The van der Waals surface area contributed by atoms with E-state index in [0.717, 1.165) is 24.0 Å². The first-order valence-electron chi connectivity index (χ1n) is 7.04. The van der Waals surface area contributed by atoms with E-state index in [4.69, 9.17) is 0 Å². The third-order valence-corrected chi connectivity index (χ3v) is 6.91. The summed E-state index contributed by atoms with van der Waals surface area (Å²) in [4.78, 5) is 0.875. The molecular weight excluding hydrogens is 338 g/mol. The number of benzene rings is 1. The molecule has 1 aliphatic rings. The fourth-order valence-corrected chi connectivity index (χ4v) is 4.68. The first-order valence-corrected chi connectivity index (χ1v) is 9.39. The van der Waals surface area contributed by atoms with Crippen molar-refractivity contribution in [2.75, 3.05) is 13.1 Å². The highest BCUT2D eigenvalue weighted by atomic mass is 79.9. The Hall–Kier alpha value is -0.390. The Kier molecular flexibility index (Phi) is 4.92. The van der Waals surface area contributed by atoms with E-state index in [1.54, 1.807) is 16.4 Å². The molecule has 1 atom stereocenters. The van der Waals surface area contributed by atoms with Crippen molar-refractivity contribution >= 4 is 26.0 Å². The summed E-state index contributed by atoms with van der Waals surface area (Å²) >= 11 is 3.60. The van der Waals surface area contributed by atoms with Crippen molar-refractivity contribution in [2.24, 2.45) is 5.92 Å². The Morgan fingerprint density at radius 1 is 1.20 bits per heavy atom. The number of nitrogens with zero attached hydrogens (tertiary/aromatic N) is 1. The molecule has 112 valence electrons. The molecule has 3 nitrogen and oxygen atoms in total. The summed E-state index contributed by atoms with van der Waals surface area (Å²) in [6, 6.07) is 5.39. The molecule has 5 heteroatoms. The van der Waals surface area contributed by atoms with Crippen LogP contribution in [0.2, 0.25) is 0 Å². The Morgan fingerprint density at radius 2 is 1.80 bits per heavy atom. The molecule has 0 amide bonds. The minimum atomic E-state index is -3.33. The van der Waals surface area contributed by atoms with Crippen molar-refractivity contribution < 1.29 is 8.42 Å². The number of sulfonamides is 1. The zero-order chi connectivity index (χ0) is 14.9. The molecular formula is C15H22BrNO2S. The summed E-state index contributed by atoms with van der Waals surface area (Å²) in [6.45, 7) is 7.33. The van der Waals surface area contributed by atoms with Crippen LogP contribution in [0, 0.1) is 19.8 Å². The lowest BCUT2D eigenvalue weighted by Crippen LogP contribution is -2.39. The van der Waals surface area contributed by atoms with Gasteiger partial charge in [0.15, 0.2) is 0 Å². The second-order valence-electron chi connectivity index (χ2n) is 5.67. The summed E-state index contributed by atoms with van der Waals surface area (Å²) in [6.07, 6.45) is 1.85. The molecule has 0 aromatic heterocycles. The average molecular weight is 360 g/mol. The van der Waals surface area contributed by atoms with Crippen LogP contribution < -0.4 is 0 Å². The van der Waals surface area contributed by atoms with Crippen LogP contribution in [0.4, 0.5) is 0 Å². The first-order chi connectivity index (χ1) is 9.32. The van der Waals surface area contributed by atoms with Gasteiger partial charge < -0.3 is 0 Å². The SMILES string of the molecule is Cc1ccc(S(=O)(=O)N2CCC(C(C)Br)CC2)cc1C. The molecule has 0 saturated carbocycles. The van der Waals surface area contributed by atoms with Gasteiger partial charge in [0.25, 0.3) is 0 Å². The van der Waals surface area contributed by atoms with Crippen LogP contribution in [0.1, 0.15) is 30.9 Å². The Morgan fingerprint density at radius 3 is 2.30 bits per heavy atom. The van der Waals surface area contributed by atoms with E-state index < -0.39 is 10.0 Å². The van der Waals surface area contributed by atoms with E-state index in [0.29, 0.717) is 28.7 Å². The van der Waals surface area contributed by atoms with Gasteiger partial charge in [0.1, 0.15) is 0 Å². The van der Waals surface area contributed by atoms with Crippen LogP contribution in [0.15, 0.2) is 23.1 Å². The topological polar surface area (TPSA) is 37.4 Å². The molecule has 2 rings (SSSR count). The Bertz CT molecular complexity index is 576. The first kappa shape index (κ1) is 16.0. The lowest BCUT2D eigenvalue weighted by atomic mass is 9.96. The maximum absolute atomic E-state index is 12.6. The monoisotopic (exact) mass is 359 g/mol. The number of aryl methyl sites for hydroxylation is 2. The second kappa shape index (κ2) is 6.16. The lowest BCUT2D eigenvalue weighted by molar-refractivity contribution is 0.275. The molecule has 0 bridgehead atoms. The summed E-state index contributed by atoms with van der Waals surface area (Å²) in [5.41, 5.74) is 2.14. The molecule has 1 saturated heterocycles. The minimum Gasteiger partial charge on any atom is -0.207 e. The predicted molar refractivity (Wildman–Crippen MR) is 85.8 cm³/mol. The number of alkyl halides is 1. The van der Waals surface area contributed by atoms with E-state index >= 15 is 0 Å². The van der Waals surface area contributed by atoms with Crippen molar-refractivity contribution in [2.45, 2.75) is 43.3 Å². The van der Waals surface area contributed by atoms with Crippen molar-refractivity contribution in [1.82, 2.24) is 4.31 Å². The van der Waals surface area contributed by atoms with Crippen LogP contribution in [-0.2, 0) is 10.0 Å². The number of hydrogen-bond acceptors (Lipinski definition) is 2. The Labute approximate surface area is 130 Å². The van der Waals surface area contributed by atoms with Crippen LogP contribution >= 0.6 is 15.9 Å². The van der Waals surface area contributed by atoms with Crippen LogP contribution in [-0.4, -0.2) is 30.6 Å². The van der Waals surface area contributed by atoms with Gasteiger partial charge in [-0.25, -0.2) is 8.42 Å². The molecule has 1 unspecified atom stereocenters. The van der Waals surface area contributed by atoms with Gasteiger partial charge >= 0.3 is 0 Å². The second-order valence-corrected chi connectivity index (χ2v) is 9.05. The van der Waals surface area contributed by atoms with Gasteiger partial charge in [0.05, 0.1) is 4.90 Å². The number of halogens is 1. The van der Waals surface area contributed by atoms with Crippen LogP contribution in [0.3, 0.4) is 0 Å². The molecule has 0 spiro atoms. The molecule has 20 heavy (non-hydrogen) atoms. The van der Waals surface area contributed by atoms with Crippen molar-refractivity contribution in [3.05, 3.63) is 29.3 Å². The summed E-state index contributed by atoms with van der Waals surface area (Å²) in [7, 11) is -3.33. The van der Waals surface area contributed by atoms with E-state index in [1.165, 1.54) is 0 Å². The smallest absolute Gasteiger partial charge is 0.207 e. The molecule has 1 fully saturated rings. The lowest BCUT2D eigenvalue weighted by Gasteiger charge is -2.32. The number of hydrogen-bond donors (Lipinski definition) is 0. The summed E-state index contributed by atoms with van der Waals surface area (Å²) in [5.74, 6) is 0.571. The van der Waals surface area contributed by atoms with Crippen LogP contribution in [0.25, 0.3) is 0 Å². The van der Waals surface area contributed by atoms with Crippen LogP contribution in [0.5, 0.6) is 0 Å². The standard InChI is InChI=1S/C15H22BrNO2S/c1-11-4-5-15(10-12(11)2)20(18,19)17-8-6-14(7-9-17)13(3)16/h4-5,10,13-14H,6-9H2,1-3H3. The van der Waals surface area contributed by atoms with Crippen molar-refractivity contribution in [3.63, 3.8) is 0 Å². The zero-order valence-electron chi connectivity index (χ0n) is 12.3. The van der Waals surface area contributed by atoms with Gasteiger partial charge in [0.2, 0.25) is 10.0 Å². The molecule has 1 heterocycles. The van der Waals surface area contributed by atoms with Gasteiger partial charge in [-0.05, 0) is 55.9 Å². The van der Waals surface area contributed by atoms with E-state index in [9.17, 15) is 8.42 Å². The van der Waals surface area contributed by atoms with Gasteiger partial charge in [-0.1, -0.05) is 28.9 Å². The van der Waals surface area contributed by atoms with Gasteiger partial charge in [0, 0.05) is 17.9 Å². The van der Waals surface area contributed by atoms with Gasteiger partial charge in [-0.3, -0.25) is 0 Å². The highest BCUT2D eigenvalue weighted by Crippen LogP contribution is 2.28. The van der Waals surface area contributed by atoms with Crippen molar-refractivity contribution in [1.29, 1.82) is 0 Å². The highest BCUT2D eigenvalue weighted by Gasteiger charge is 2.30. The number of piperidine rings is 1. The highest BCUT2D eigenvalue weighted by molar-refractivity contribution is 9.09. The molecule has 1 aromatic carbocycles. The molecule has 1 aliphatic heterocycles. The molecule has 0 radical (unpaired) electrons. The van der Waals surface area contributed by atoms with Crippen molar-refractivity contribution in [3.8, 4) is 0 Å². The number of rotatable bonds is 3. The van der Waals surface area contributed by atoms with Gasteiger partial charge in [-0.2, -0.15) is 4.31 Å². The summed E-state index contributed by atoms with van der Waals surface area (Å²) < 4.78 is 26.9. The molecule has 1 aromatic rings. The fraction of sp³-hybridized carbons (Fsp3) is 0.600. The average Bonchev–Trinajstić information content (AvgIpc) is 2.41. The molecule has 0 N–H and O–H groups in total. The quantitative estimate of drug-likeness (QED) is 0.774. The van der Waals surface area contributed by atoms with E-state index in [-0.39, 0.29) is 0 Å². The fourth-order valence-electron chi connectivity index (χ4n) is 2.60. The third-order valence-electron chi connectivity index (χ3n) is 4.26. The maximum atomic E-state index is 12.6. The van der Waals surface area contributed by atoms with Gasteiger partial charge in [-0.15, -0.1) is 0 Å². The largest absolute Gasteiger partial charge is 0.243 e. The summed E-state index contributed by atoms with van der Waals surface area (Å²) in [5, 5.41) is 0. The van der Waals surface area contributed by atoms with E-state index in [2.05, 4.69) is 22.9 Å². The molecule has 0 aliphatic carbocycles. The predicted octanol–water partition coefficient (Wildman–Crippen LogP) is 3.49. The Balaban J connectivity index is 2.17.